The summed E-state index contributed by atoms with van der Waals surface area (Å²) in [4.78, 5) is 10.7. The zero-order valence-electron chi connectivity index (χ0n) is 6.24. The fourth-order valence-electron chi connectivity index (χ4n) is 0.701. The number of nitrogens with zero attached hydrogens (tertiary/aromatic N) is 1. The second kappa shape index (κ2) is 3.61. The Labute approximate surface area is 65.4 Å². The molecule has 1 aromatic carbocycles. The lowest BCUT2D eigenvalue weighted by Gasteiger charge is -2.00. The molecule has 0 atom stereocenters. The van der Waals surface area contributed by atoms with Crippen LogP contribution in [-0.4, -0.2) is 13.1 Å². The highest BCUT2D eigenvalue weighted by Gasteiger charge is 1.96. The third kappa shape index (κ3) is 2.29. The molecule has 11 heavy (non-hydrogen) atoms. The molecule has 0 spiro atoms. The number of urea groups is 1. The van der Waals surface area contributed by atoms with Gasteiger partial charge in [-0.3, -0.25) is 0 Å². The molecular formula is C8H9N2O. The van der Waals surface area contributed by atoms with E-state index in [-0.39, 0.29) is 6.03 Å². The second-order valence-corrected chi connectivity index (χ2v) is 2.02. The topological polar surface area (TPSA) is 43.2 Å². The number of carbonyl (C=O) groups excluding carboxylic acids is 1. The second-order valence-electron chi connectivity index (χ2n) is 2.02. The minimum absolute atomic E-state index is 0.323. The third-order valence-electron chi connectivity index (χ3n) is 1.23. The zero-order valence-corrected chi connectivity index (χ0v) is 6.24. The molecule has 1 radical (unpaired) electrons. The number of benzene rings is 1. The average Bonchev–Trinajstić information content (AvgIpc) is 2.06. The van der Waals surface area contributed by atoms with E-state index in [9.17, 15) is 4.79 Å². The Bertz CT molecular complexity index is 233. The summed E-state index contributed by atoms with van der Waals surface area (Å²) in [5.74, 6) is 0. The highest BCUT2D eigenvalue weighted by molar-refractivity contribution is 5.88. The average molecular weight is 149 g/mol. The molecule has 0 aliphatic carbocycles. The first kappa shape index (κ1) is 7.60. The molecule has 0 saturated carbocycles. The predicted octanol–water partition coefficient (Wildman–Crippen LogP) is 1.45. The Morgan fingerprint density at radius 1 is 1.36 bits per heavy atom. The van der Waals surface area contributed by atoms with Gasteiger partial charge in [-0.05, 0) is 12.1 Å². The molecular weight excluding hydrogens is 140 g/mol. The predicted molar refractivity (Wildman–Crippen MR) is 43.5 cm³/mol. The van der Waals surface area contributed by atoms with Gasteiger partial charge in [0.1, 0.15) is 0 Å². The Balaban J connectivity index is 2.58. The molecule has 0 unspecified atom stereocenters. The lowest BCUT2D eigenvalue weighted by molar-refractivity contribution is 0.253. The van der Waals surface area contributed by atoms with Gasteiger partial charge in [0, 0.05) is 12.7 Å². The van der Waals surface area contributed by atoms with Crippen LogP contribution >= 0.6 is 0 Å². The van der Waals surface area contributed by atoms with Crippen LogP contribution in [-0.2, 0) is 0 Å². The summed E-state index contributed by atoms with van der Waals surface area (Å²) in [5, 5.41) is 6.02. The Morgan fingerprint density at radius 3 is 2.55 bits per heavy atom. The summed E-state index contributed by atoms with van der Waals surface area (Å²) >= 11 is 0. The molecule has 1 N–H and O–H groups in total. The van der Waals surface area contributed by atoms with Gasteiger partial charge >= 0.3 is 6.03 Å². The molecule has 0 heterocycles. The van der Waals surface area contributed by atoms with Crippen LogP contribution in [0.25, 0.3) is 0 Å². The largest absolute Gasteiger partial charge is 0.340 e. The minimum Gasteiger partial charge on any atom is -0.306 e. The van der Waals surface area contributed by atoms with Crippen LogP contribution in [0.2, 0.25) is 0 Å². The van der Waals surface area contributed by atoms with Crippen molar-refractivity contribution in [1.82, 2.24) is 5.32 Å². The van der Waals surface area contributed by atoms with Crippen molar-refractivity contribution in [3.8, 4) is 0 Å². The van der Waals surface area contributed by atoms with E-state index in [0.717, 1.165) is 5.69 Å². The van der Waals surface area contributed by atoms with Gasteiger partial charge in [0.25, 0.3) is 0 Å². The van der Waals surface area contributed by atoms with Crippen molar-refractivity contribution in [2.24, 2.45) is 0 Å². The summed E-state index contributed by atoms with van der Waals surface area (Å²) in [7, 11) is 1.46. The highest BCUT2D eigenvalue weighted by atomic mass is 16.2. The molecule has 1 rings (SSSR count). The van der Waals surface area contributed by atoms with Crippen LogP contribution in [0, 0.1) is 0 Å². The fraction of sp³-hybridized carbons (Fsp3) is 0.125. The number of para-hydroxylation sites is 1. The van der Waals surface area contributed by atoms with Crippen molar-refractivity contribution in [1.29, 1.82) is 0 Å². The number of carbonyl (C=O) groups is 1. The summed E-state index contributed by atoms with van der Waals surface area (Å²) in [5.41, 5.74) is 0.767. The number of nitrogens with one attached hydrogen (secondary N) is 1. The molecule has 57 valence electrons. The Morgan fingerprint density at radius 2 is 2.00 bits per heavy atom. The van der Waals surface area contributed by atoms with Crippen molar-refractivity contribution in [3.63, 3.8) is 0 Å². The maximum atomic E-state index is 10.7. The Kier molecular flexibility index (Phi) is 2.49. The highest BCUT2D eigenvalue weighted by Crippen LogP contribution is 2.03. The van der Waals surface area contributed by atoms with Crippen LogP contribution in [0.4, 0.5) is 10.5 Å². The van der Waals surface area contributed by atoms with Gasteiger partial charge < -0.3 is 5.32 Å². The van der Waals surface area contributed by atoms with Crippen LogP contribution in [0.1, 0.15) is 0 Å². The molecule has 0 bridgehead atoms. The van der Waals surface area contributed by atoms with Gasteiger partial charge in [0.2, 0.25) is 0 Å². The van der Waals surface area contributed by atoms with Crippen LogP contribution in [0.5, 0.6) is 0 Å². The summed E-state index contributed by atoms with van der Waals surface area (Å²) in [6.45, 7) is 0. The number of hydrogen-bond acceptors (Lipinski definition) is 1. The molecule has 0 saturated heterocycles. The minimum atomic E-state index is -0.323. The maximum absolute atomic E-state index is 10.7. The maximum Gasteiger partial charge on any atom is 0.340 e. The van der Waals surface area contributed by atoms with E-state index < -0.39 is 0 Å². The Hall–Kier alpha value is -1.51. The van der Waals surface area contributed by atoms with E-state index in [1.165, 1.54) is 7.05 Å². The van der Waals surface area contributed by atoms with E-state index in [0.29, 0.717) is 0 Å². The van der Waals surface area contributed by atoms with E-state index >= 15 is 0 Å². The van der Waals surface area contributed by atoms with Gasteiger partial charge in [0.05, 0.1) is 0 Å². The van der Waals surface area contributed by atoms with Gasteiger partial charge in [-0.1, -0.05) is 18.2 Å². The summed E-state index contributed by atoms with van der Waals surface area (Å²) < 4.78 is 0. The van der Waals surface area contributed by atoms with E-state index in [2.05, 4.69) is 10.6 Å². The van der Waals surface area contributed by atoms with Crippen molar-refractivity contribution >= 4 is 11.7 Å². The van der Waals surface area contributed by atoms with E-state index in [1.54, 1.807) is 0 Å². The van der Waals surface area contributed by atoms with Crippen molar-refractivity contribution in [3.05, 3.63) is 30.3 Å². The number of anilines is 1. The first-order valence-electron chi connectivity index (χ1n) is 3.29. The van der Waals surface area contributed by atoms with E-state index in [1.807, 2.05) is 30.3 Å². The molecule has 3 heteroatoms. The van der Waals surface area contributed by atoms with Crippen molar-refractivity contribution in [2.75, 3.05) is 12.4 Å². The first-order chi connectivity index (χ1) is 5.33. The normalized spacial score (nSPS) is 8.82. The molecule has 0 aromatic heterocycles. The zero-order chi connectivity index (χ0) is 8.10. The standard InChI is InChI=1S/C8H9N2O/c1-9-8(11)10-7-5-3-2-4-6-7/h2-6H,1H3,(H,10,11). The van der Waals surface area contributed by atoms with Gasteiger partial charge in [-0.2, -0.15) is 0 Å². The van der Waals surface area contributed by atoms with Crippen molar-refractivity contribution < 1.29 is 4.79 Å². The molecule has 2 amide bonds. The molecule has 3 nitrogen and oxygen atoms in total. The molecule has 0 fully saturated rings. The quantitative estimate of drug-likeness (QED) is 0.645. The van der Waals surface area contributed by atoms with Gasteiger partial charge in [-0.15, -0.1) is 0 Å². The number of rotatable bonds is 1. The molecule has 1 aromatic rings. The monoisotopic (exact) mass is 149 g/mol. The third-order valence-corrected chi connectivity index (χ3v) is 1.23. The molecule has 0 aliphatic rings. The van der Waals surface area contributed by atoms with Gasteiger partial charge in [-0.25, -0.2) is 10.1 Å². The van der Waals surface area contributed by atoms with E-state index in [4.69, 9.17) is 0 Å². The smallest absolute Gasteiger partial charge is 0.306 e. The first-order valence-corrected chi connectivity index (χ1v) is 3.29. The lowest BCUT2D eigenvalue weighted by Crippen LogP contribution is -2.18. The van der Waals surface area contributed by atoms with Crippen LogP contribution in [0.15, 0.2) is 30.3 Å². The number of amides is 2. The summed E-state index contributed by atoms with van der Waals surface area (Å²) in [6, 6.07) is 8.89. The fourth-order valence-corrected chi connectivity index (χ4v) is 0.701. The van der Waals surface area contributed by atoms with Gasteiger partial charge in [0.15, 0.2) is 0 Å². The van der Waals surface area contributed by atoms with Crippen LogP contribution in [0.3, 0.4) is 0 Å². The molecule has 0 aliphatic heterocycles. The van der Waals surface area contributed by atoms with Crippen LogP contribution < -0.4 is 10.6 Å². The SMILES string of the molecule is C[N]C(=O)Nc1ccccc1. The summed E-state index contributed by atoms with van der Waals surface area (Å²) in [6.07, 6.45) is 0. The lowest BCUT2D eigenvalue weighted by atomic mass is 10.3. The van der Waals surface area contributed by atoms with Crippen molar-refractivity contribution in [2.45, 2.75) is 0 Å². The number of hydrogen-bond donors (Lipinski definition) is 1.